The summed E-state index contributed by atoms with van der Waals surface area (Å²) >= 11 is 16.7. The van der Waals surface area contributed by atoms with Crippen molar-refractivity contribution in [2.75, 3.05) is 0 Å². The van der Waals surface area contributed by atoms with Crippen molar-refractivity contribution in [3.63, 3.8) is 0 Å². The van der Waals surface area contributed by atoms with Gasteiger partial charge in [-0.05, 0) is 6.42 Å². The van der Waals surface area contributed by atoms with Crippen molar-refractivity contribution >= 4 is 41.0 Å². The number of carbonyl (C=O) groups excluding carboxylic acids is 1. The van der Waals surface area contributed by atoms with Crippen LogP contribution in [-0.4, -0.2) is 22.2 Å². The van der Waals surface area contributed by atoms with Gasteiger partial charge < -0.3 is 9.47 Å². The van der Waals surface area contributed by atoms with Crippen molar-refractivity contribution in [1.82, 2.24) is 0 Å². The third-order valence-electron chi connectivity index (χ3n) is 1.53. The molecule has 12 heavy (non-hydrogen) atoms. The number of alkyl halides is 3. The molecule has 0 radical (unpaired) electrons. The van der Waals surface area contributed by atoms with E-state index in [0.29, 0.717) is 6.42 Å². The Morgan fingerprint density at radius 2 is 2.00 bits per heavy atom. The second-order valence-corrected chi connectivity index (χ2v) is 4.76. The minimum atomic E-state index is -1.62. The molecule has 0 unspecified atom stereocenters. The fourth-order valence-electron chi connectivity index (χ4n) is 0.968. The molecular formula is C6H7Cl3O3. The standard InChI is InChI=1S/C6H7Cl3O3/c1-2-3-4(6(7,8)9)12-5(10)11-3/h3-4H,2H2,1H3/t3-,4+/m0/s1. The van der Waals surface area contributed by atoms with E-state index in [1.54, 1.807) is 0 Å². The average Bonchev–Trinajstić information content (AvgIpc) is 2.29. The van der Waals surface area contributed by atoms with Gasteiger partial charge in [0.15, 0.2) is 6.10 Å². The molecule has 0 aromatic carbocycles. The van der Waals surface area contributed by atoms with Crippen LogP contribution in [0.2, 0.25) is 0 Å². The Bertz CT molecular complexity index is 189. The summed E-state index contributed by atoms with van der Waals surface area (Å²) in [6.07, 6.45) is -1.49. The zero-order valence-corrected chi connectivity index (χ0v) is 8.49. The van der Waals surface area contributed by atoms with E-state index in [2.05, 4.69) is 4.74 Å². The van der Waals surface area contributed by atoms with Crippen LogP contribution >= 0.6 is 34.8 Å². The first-order valence-corrected chi connectivity index (χ1v) is 4.52. The summed E-state index contributed by atoms with van der Waals surface area (Å²) in [5, 5.41) is 0. The molecule has 0 bridgehead atoms. The van der Waals surface area contributed by atoms with Gasteiger partial charge >= 0.3 is 6.16 Å². The molecule has 0 N–H and O–H groups in total. The summed E-state index contributed by atoms with van der Waals surface area (Å²) in [6, 6.07) is 0. The van der Waals surface area contributed by atoms with Gasteiger partial charge in [0.05, 0.1) is 0 Å². The second kappa shape index (κ2) is 3.48. The highest BCUT2D eigenvalue weighted by Crippen LogP contribution is 2.38. The fraction of sp³-hybridized carbons (Fsp3) is 0.833. The molecule has 0 aromatic heterocycles. The molecule has 1 heterocycles. The van der Waals surface area contributed by atoms with Crippen LogP contribution in [0.1, 0.15) is 13.3 Å². The van der Waals surface area contributed by atoms with Gasteiger partial charge in [0, 0.05) is 0 Å². The Morgan fingerprint density at radius 1 is 1.42 bits per heavy atom. The first-order valence-electron chi connectivity index (χ1n) is 3.39. The smallest absolute Gasteiger partial charge is 0.427 e. The van der Waals surface area contributed by atoms with Crippen LogP contribution in [0.5, 0.6) is 0 Å². The number of rotatable bonds is 1. The molecule has 0 aromatic rings. The Kier molecular flexibility index (Phi) is 2.97. The van der Waals surface area contributed by atoms with Crippen molar-refractivity contribution in [1.29, 1.82) is 0 Å². The van der Waals surface area contributed by atoms with Gasteiger partial charge in [0.1, 0.15) is 6.10 Å². The minimum Gasteiger partial charge on any atom is -0.427 e. The Morgan fingerprint density at radius 3 is 2.33 bits per heavy atom. The van der Waals surface area contributed by atoms with E-state index in [1.807, 2.05) is 6.92 Å². The highest BCUT2D eigenvalue weighted by molar-refractivity contribution is 6.68. The number of cyclic esters (lactones) is 2. The highest BCUT2D eigenvalue weighted by atomic mass is 35.6. The predicted octanol–water partition coefficient (Wildman–Crippen LogP) is 2.67. The van der Waals surface area contributed by atoms with Crippen LogP contribution in [-0.2, 0) is 9.47 Å². The van der Waals surface area contributed by atoms with Crippen LogP contribution in [0.15, 0.2) is 0 Å². The zero-order valence-electron chi connectivity index (χ0n) is 6.22. The molecule has 1 aliphatic heterocycles. The molecule has 70 valence electrons. The van der Waals surface area contributed by atoms with Gasteiger partial charge in [-0.1, -0.05) is 41.7 Å². The lowest BCUT2D eigenvalue weighted by molar-refractivity contribution is 0.115. The van der Waals surface area contributed by atoms with Crippen molar-refractivity contribution in [3.05, 3.63) is 0 Å². The summed E-state index contributed by atoms with van der Waals surface area (Å²) < 4.78 is 7.79. The minimum absolute atomic E-state index is 0.468. The molecule has 0 aliphatic carbocycles. The summed E-state index contributed by atoms with van der Waals surface area (Å²) in [4.78, 5) is 10.6. The van der Waals surface area contributed by atoms with Crippen LogP contribution < -0.4 is 0 Å². The van der Waals surface area contributed by atoms with E-state index in [4.69, 9.17) is 39.5 Å². The lowest BCUT2D eigenvalue weighted by atomic mass is 10.2. The van der Waals surface area contributed by atoms with Crippen molar-refractivity contribution < 1.29 is 14.3 Å². The first-order chi connectivity index (χ1) is 5.45. The van der Waals surface area contributed by atoms with Crippen molar-refractivity contribution in [2.24, 2.45) is 0 Å². The number of halogens is 3. The summed E-state index contributed by atoms with van der Waals surface area (Å²) in [7, 11) is 0. The quantitative estimate of drug-likeness (QED) is 0.516. The van der Waals surface area contributed by atoms with E-state index in [-0.39, 0.29) is 0 Å². The van der Waals surface area contributed by atoms with Gasteiger partial charge in [0.25, 0.3) is 0 Å². The van der Waals surface area contributed by atoms with E-state index >= 15 is 0 Å². The van der Waals surface area contributed by atoms with Crippen LogP contribution in [0.3, 0.4) is 0 Å². The maximum atomic E-state index is 10.6. The summed E-state index contributed by atoms with van der Waals surface area (Å²) in [6.45, 7) is 1.82. The van der Waals surface area contributed by atoms with Crippen LogP contribution in [0.25, 0.3) is 0 Å². The Balaban J connectivity index is 2.70. The molecule has 2 atom stereocenters. The second-order valence-electron chi connectivity index (χ2n) is 2.39. The molecule has 0 amide bonds. The van der Waals surface area contributed by atoms with Crippen molar-refractivity contribution in [2.45, 2.75) is 29.3 Å². The fourth-order valence-corrected chi connectivity index (χ4v) is 1.52. The van der Waals surface area contributed by atoms with Crippen molar-refractivity contribution in [3.8, 4) is 0 Å². The zero-order chi connectivity index (χ0) is 9.35. The number of hydrogen-bond donors (Lipinski definition) is 0. The topological polar surface area (TPSA) is 35.5 Å². The Hall–Kier alpha value is 0.140. The molecule has 1 aliphatic rings. The van der Waals surface area contributed by atoms with Gasteiger partial charge in [-0.15, -0.1) is 0 Å². The average molecular weight is 233 g/mol. The SMILES string of the molecule is CC[C@@H]1OC(=O)O[C@H]1C(Cl)(Cl)Cl. The first kappa shape index (κ1) is 10.2. The summed E-state index contributed by atoms with van der Waals surface area (Å²) in [5.74, 6) is 0. The number of ether oxygens (including phenoxy) is 2. The molecule has 3 nitrogen and oxygen atoms in total. The highest BCUT2D eigenvalue weighted by Gasteiger charge is 2.48. The lowest BCUT2D eigenvalue weighted by Crippen LogP contribution is -2.34. The molecule has 1 saturated heterocycles. The molecule has 6 heteroatoms. The largest absolute Gasteiger partial charge is 0.509 e. The Labute approximate surface area is 84.9 Å². The monoisotopic (exact) mass is 232 g/mol. The van der Waals surface area contributed by atoms with Gasteiger partial charge in [0.2, 0.25) is 3.79 Å². The van der Waals surface area contributed by atoms with Gasteiger partial charge in [-0.2, -0.15) is 0 Å². The van der Waals surface area contributed by atoms with Crippen LogP contribution in [0.4, 0.5) is 4.79 Å². The number of carbonyl (C=O) groups is 1. The van der Waals surface area contributed by atoms with Gasteiger partial charge in [-0.25, -0.2) is 4.79 Å². The third kappa shape index (κ3) is 2.09. The van der Waals surface area contributed by atoms with Crippen LogP contribution in [0, 0.1) is 0 Å². The molecule has 1 rings (SSSR count). The number of hydrogen-bond acceptors (Lipinski definition) is 3. The third-order valence-corrected chi connectivity index (χ3v) is 2.18. The lowest BCUT2D eigenvalue weighted by Gasteiger charge is -2.20. The molecular weight excluding hydrogens is 226 g/mol. The van der Waals surface area contributed by atoms with E-state index in [1.165, 1.54) is 0 Å². The maximum Gasteiger partial charge on any atom is 0.509 e. The maximum absolute atomic E-state index is 10.6. The van der Waals surface area contributed by atoms with E-state index < -0.39 is 22.2 Å². The molecule has 0 spiro atoms. The molecule has 0 saturated carbocycles. The summed E-state index contributed by atoms with van der Waals surface area (Å²) in [5.41, 5.74) is 0. The van der Waals surface area contributed by atoms with Gasteiger partial charge in [-0.3, -0.25) is 0 Å². The van der Waals surface area contributed by atoms with E-state index in [0.717, 1.165) is 0 Å². The normalized spacial score (nSPS) is 29.8. The molecule has 1 fully saturated rings. The van der Waals surface area contributed by atoms with E-state index in [9.17, 15) is 4.79 Å². The predicted molar refractivity (Wildman–Crippen MR) is 45.7 cm³/mol.